The molecule has 1 rings (SSSR count). The van der Waals surface area contributed by atoms with Gasteiger partial charge in [-0.2, -0.15) is 0 Å². The molecule has 0 bridgehead atoms. The second-order valence-electron chi connectivity index (χ2n) is 3.99. The van der Waals surface area contributed by atoms with Gasteiger partial charge in [0.25, 0.3) is 5.91 Å². The summed E-state index contributed by atoms with van der Waals surface area (Å²) in [6.45, 7) is 0.765. The summed E-state index contributed by atoms with van der Waals surface area (Å²) in [6, 6.07) is -0.655. The molecule has 1 aliphatic heterocycles. The van der Waals surface area contributed by atoms with Gasteiger partial charge in [0.05, 0.1) is 5.70 Å². The average Bonchev–Trinajstić information content (AvgIpc) is 2.26. The number of hydrogen-bond donors (Lipinski definition) is 4. The number of carbonyl (C=O) groups excluding carboxylic acids is 2. The molecule has 0 aromatic rings. The lowest BCUT2D eigenvalue weighted by atomic mass is 10.1. The van der Waals surface area contributed by atoms with Crippen LogP contribution in [0.15, 0.2) is 16.8 Å². The minimum Gasteiger partial charge on any atom is -0.370 e. The number of aliphatic imine (C=N–C) groups is 1. The van der Waals surface area contributed by atoms with Crippen LogP contribution in [0.1, 0.15) is 6.42 Å². The molecular weight excluding hydrogens is 236 g/mol. The average molecular weight is 254 g/mol. The summed E-state index contributed by atoms with van der Waals surface area (Å²) in [5, 5.41) is 2.54. The molecule has 1 atom stereocenters. The van der Waals surface area contributed by atoms with Crippen LogP contribution < -0.4 is 22.5 Å². The molecule has 0 saturated carbocycles. The molecule has 0 spiro atoms. The lowest BCUT2D eigenvalue weighted by Crippen LogP contribution is -2.56. The quantitative estimate of drug-likeness (QED) is 0.189. The smallest absolute Gasteiger partial charge is 0.267 e. The largest absolute Gasteiger partial charge is 0.370 e. The number of carbonyl (C=O) groups is 2. The first-order valence-electron chi connectivity index (χ1n) is 5.48. The summed E-state index contributed by atoms with van der Waals surface area (Å²) in [7, 11) is 1.72. The van der Waals surface area contributed by atoms with E-state index in [4.69, 9.17) is 17.2 Å². The molecule has 100 valence electrons. The Hall–Kier alpha value is -2.25. The molecule has 0 aromatic heterocycles. The zero-order chi connectivity index (χ0) is 13.7. The van der Waals surface area contributed by atoms with Gasteiger partial charge >= 0.3 is 0 Å². The monoisotopic (exact) mass is 254 g/mol. The maximum absolute atomic E-state index is 11.7. The molecule has 8 nitrogen and oxygen atoms in total. The first kappa shape index (κ1) is 13.8. The third-order valence-corrected chi connectivity index (χ3v) is 2.51. The minimum atomic E-state index is -0.655. The topological polar surface area (TPSA) is 140 Å². The van der Waals surface area contributed by atoms with Crippen LogP contribution in [0.5, 0.6) is 0 Å². The van der Waals surface area contributed by atoms with Crippen molar-refractivity contribution in [3.8, 4) is 0 Å². The first-order valence-corrected chi connectivity index (χ1v) is 5.48. The number of guanidine groups is 1. The normalized spacial score (nSPS) is 21.6. The Morgan fingerprint density at radius 3 is 2.72 bits per heavy atom. The predicted molar refractivity (Wildman–Crippen MR) is 67.1 cm³/mol. The van der Waals surface area contributed by atoms with E-state index in [1.54, 1.807) is 18.0 Å². The molecule has 1 heterocycles. The van der Waals surface area contributed by atoms with E-state index in [1.807, 2.05) is 0 Å². The second kappa shape index (κ2) is 5.89. The molecule has 0 aromatic carbocycles. The van der Waals surface area contributed by atoms with Crippen molar-refractivity contribution in [1.82, 2.24) is 10.2 Å². The van der Waals surface area contributed by atoms with Gasteiger partial charge in [0.1, 0.15) is 6.04 Å². The van der Waals surface area contributed by atoms with Crippen molar-refractivity contribution in [2.75, 3.05) is 20.1 Å². The molecule has 2 amide bonds. The van der Waals surface area contributed by atoms with Crippen molar-refractivity contribution in [3.05, 3.63) is 11.8 Å². The highest BCUT2D eigenvalue weighted by atomic mass is 16.2. The van der Waals surface area contributed by atoms with E-state index in [0.29, 0.717) is 25.2 Å². The van der Waals surface area contributed by atoms with E-state index >= 15 is 0 Å². The molecule has 18 heavy (non-hydrogen) atoms. The van der Waals surface area contributed by atoms with E-state index in [-0.39, 0.29) is 11.9 Å². The summed E-state index contributed by atoms with van der Waals surface area (Å²) in [6.07, 6.45) is 2.26. The van der Waals surface area contributed by atoms with Crippen LogP contribution in [-0.2, 0) is 9.59 Å². The number of rotatable bonds is 4. The summed E-state index contributed by atoms with van der Waals surface area (Å²) < 4.78 is 0. The van der Waals surface area contributed by atoms with Gasteiger partial charge in [0.15, 0.2) is 5.96 Å². The summed E-state index contributed by atoms with van der Waals surface area (Å²) >= 11 is 0. The molecule has 0 aliphatic carbocycles. The van der Waals surface area contributed by atoms with Crippen LogP contribution >= 0.6 is 0 Å². The zero-order valence-electron chi connectivity index (χ0n) is 10.2. The lowest BCUT2D eigenvalue weighted by Gasteiger charge is -2.32. The number of amides is 2. The van der Waals surface area contributed by atoms with Crippen LogP contribution in [0, 0.1) is 0 Å². The van der Waals surface area contributed by atoms with Crippen LogP contribution in [0.3, 0.4) is 0 Å². The maximum Gasteiger partial charge on any atom is 0.267 e. The lowest BCUT2D eigenvalue weighted by molar-refractivity contribution is -0.128. The van der Waals surface area contributed by atoms with Gasteiger partial charge in [-0.3, -0.25) is 14.6 Å². The Balaban J connectivity index is 2.62. The fourth-order valence-corrected chi connectivity index (χ4v) is 1.63. The third kappa shape index (κ3) is 3.65. The van der Waals surface area contributed by atoms with Gasteiger partial charge in [-0.05, 0) is 6.42 Å². The van der Waals surface area contributed by atoms with E-state index in [9.17, 15) is 9.59 Å². The Bertz CT molecular complexity index is 399. The van der Waals surface area contributed by atoms with Gasteiger partial charge in [-0.1, -0.05) is 6.08 Å². The summed E-state index contributed by atoms with van der Waals surface area (Å²) in [5.41, 5.74) is 16.0. The van der Waals surface area contributed by atoms with Gasteiger partial charge in [-0.15, -0.1) is 0 Å². The van der Waals surface area contributed by atoms with Crippen molar-refractivity contribution in [1.29, 1.82) is 0 Å². The number of likely N-dealkylation sites (N-methyl/N-ethyl adjacent to an activating group) is 1. The van der Waals surface area contributed by atoms with E-state index in [2.05, 4.69) is 10.3 Å². The fourth-order valence-electron chi connectivity index (χ4n) is 1.63. The standard InChI is InChI=1S/C10H18N6O2/c1-16-5-6(8(11)17)15-9(18)7(16)3-2-4-14-10(12)13/h3,6H,2,4-5H2,1H3,(H2,11,17)(H,15,18)(H4,12,13,14)/b7-3+/t6-/m1/s1. The number of nitrogens with one attached hydrogen (secondary N) is 1. The second-order valence-corrected chi connectivity index (χ2v) is 3.99. The molecule has 0 unspecified atom stereocenters. The maximum atomic E-state index is 11.7. The Morgan fingerprint density at radius 2 is 2.22 bits per heavy atom. The highest BCUT2D eigenvalue weighted by molar-refractivity contribution is 5.97. The van der Waals surface area contributed by atoms with Crippen molar-refractivity contribution >= 4 is 17.8 Å². The van der Waals surface area contributed by atoms with Crippen LogP contribution in [0.4, 0.5) is 0 Å². The Labute approximate surface area is 105 Å². The minimum absolute atomic E-state index is 0.0173. The van der Waals surface area contributed by atoms with E-state index < -0.39 is 11.9 Å². The number of piperazine rings is 1. The fraction of sp³-hybridized carbons (Fsp3) is 0.500. The van der Waals surface area contributed by atoms with Gasteiger partial charge in [-0.25, -0.2) is 0 Å². The number of hydrogen-bond acceptors (Lipinski definition) is 4. The number of nitrogens with two attached hydrogens (primary N) is 3. The SMILES string of the molecule is CN1C[C@H](C(N)=O)NC(=O)/C1=C\CCN=C(N)N. The zero-order valence-corrected chi connectivity index (χ0v) is 10.2. The molecular formula is C10H18N6O2. The van der Waals surface area contributed by atoms with Crippen molar-refractivity contribution < 1.29 is 9.59 Å². The van der Waals surface area contributed by atoms with Crippen molar-refractivity contribution in [2.24, 2.45) is 22.2 Å². The summed E-state index contributed by atoms with van der Waals surface area (Å²) in [4.78, 5) is 28.2. The molecule has 7 N–H and O–H groups in total. The predicted octanol–water partition coefficient (Wildman–Crippen LogP) is -2.55. The van der Waals surface area contributed by atoms with Gasteiger partial charge in [0.2, 0.25) is 5.91 Å². The van der Waals surface area contributed by atoms with Crippen LogP contribution in [0.2, 0.25) is 0 Å². The highest BCUT2D eigenvalue weighted by Gasteiger charge is 2.29. The molecule has 1 saturated heterocycles. The van der Waals surface area contributed by atoms with Gasteiger partial charge < -0.3 is 27.4 Å². The third-order valence-electron chi connectivity index (χ3n) is 2.51. The van der Waals surface area contributed by atoms with Crippen molar-refractivity contribution in [3.63, 3.8) is 0 Å². The first-order chi connectivity index (χ1) is 8.41. The highest BCUT2D eigenvalue weighted by Crippen LogP contribution is 2.10. The van der Waals surface area contributed by atoms with Crippen LogP contribution in [-0.4, -0.2) is 48.9 Å². The molecule has 8 heteroatoms. The van der Waals surface area contributed by atoms with Crippen molar-refractivity contribution in [2.45, 2.75) is 12.5 Å². The Kier molecular flexibility index (Phi) is 4.52. The summed E-state index contributed by atoms with van der Waals surface area (Å²) in [5.74, 6) is -0.851. The molecule has 1 fully saturated rings. The van der Waals surface area contributed by atoms with E-state index in [1.165, 1.54) is 0 Å². The van der Waals surface area contributed by atoms with E-state index in [0.717, 1.165) is 0 Å². The molecule has 1 aliphatic rings. The van der Waals surface area contributed by atoms with Crippen LogP contribution in [0.25, 0.3) is 0 Å². The number of nitrogens with zero attached hydrogens (tertiary/aromatic N) is 2. The Morgan fingerprint density at radius 1 is 1.56 bits per heavy atom. The van der Waals surface area contributed by atoms with Gasteiger partial charge in [0, 0.05) is 20.1 Å². The molecule has 0 radical (unpaired) electrons. The number of primary amides is 1.